The Morgan fingerprint density at radius 1 is 1.39 bits per heavy atom. The molecule has 7 heteroatoms. The van der Waals surface area contributed by atoms with Gasteiger partial charge in [-0.3, -0.25) is 9.20 Å². The van der Waals surface area contributed by atoms with E-state index in [1.54, 1.807) is 11.8 Å². The molecule has 5 nitrogen and oxygen atoms in total. The van der Waals surface area contributed by atoms with Crippen LogP contribution in [0.25, 0.3) is 5.65 Å². The third kappa shape index (κ3) is 3.40. The number of aryl methyl sites for hydroxylation is 1. The summed E-state index contributed by atoms with van der Waals surface area (Å²) >= 11 is 3.22. The molecule has 0 aliphatic rings. The molecule has 0 aromatic carbocycles. The second-order valence-corrected chi connectivity index (χ2v) is 7.13. The Morgan fingerprint density at radius 3 is 3.00 bits per heavy atom. The lowest BCUT2D eigenvalue weighted by molar-refractivity contribution is 0.0937. The largest absolute Gasteiger partial charge is 0.341 e. The summed E-state index contributed by atoms with van der Waals surface area (Å²) in [5, 5.41) is 13.6. The first kappa shape index (κ1) is 16.0. The van der Waals surface area contributed by atoms with Crippen LogP contribution in [-0.2, 0) is 0 Å². The van der Waals surface area contributed by atoms with Gasteiger partial charge >= 0.3 is 0 Å². The van der Waals surface area contributed by atoms with Gasteiger partial charge in [-0.25, -0.2) is 0 Å². The number of nitrogens with zero attached hydrogens (tertiary/aromatic N) is 3. The maximum Gasteiger partial charge on any atom is 0.262 e. The fraction of sp³-hybridized carbons (Fsp3) is 0.312. The predicted molar refractivity (Wildman–Crippen MR) is 95.2 cm³/mol. The van der Waals surface area contributed by atoms with E-state index in [0.29, 0.717) is 0 Å². The van der Waals surface area contributed by atoms with Gasteiger partial charge in [0, 0.05) is 6.20 Å². The number of thioether (sulfide) groups is 1. The van der Waals surface area contributed by atoms with Crippen LogP contribution in [0.15, 0.2) is 35.8 Å². The molecule has 3 rings (SSSR count). The molecule has 120 valence electrons. The molecule has 0 aliphatic carbocycles. The topological polar surface area (TPSA) is 59.3 Å². The molecule has 1 atom stereocenters. The SMILES string of the molecule is CSCC[C@H](NC(=O)c1sccc1C)c1nnc2ccccn12. The first-order valence-corrected chi connectivity index (χ1v) is 9.61. The van der Waals surface area contributed by atoms with Gasteiger partial charge in [0.05, 0.1) is 10.9 Å². The summed E-state index contributed by atoms with van der Waals surface area (Å²) in [6.45, 7) is 1.95. The Labute approximate surface area is 143 Å². The normalized spacial score (nSPS) is 12.4. The van der Waals surface area contributed by atoms with E-state index < -0.39 is 0 Å². The molecule has 0 saturated heterocycles. The highest BCUT2D eigenvalue weighted by Gasteiger charge is 2.22. The van der Waals surface area contributed by atoms with Gasteiger partial charge in [0.15, 0.2) is 11.5 Å². The lowest BCUT2D eigenvalue weighted by Crippen LogP contribution is -2.30. The maximum atomic E-state index is 12.6. The van der Waals surface area contributed by atoms with Crippen molar-refractivity contribution in [1.29, 1.82) is 0 Å². The smallest absolute Gasteiger partial charge is 0.262 e. The van der Waals surface area contributed by atoms with Crippen molar-refractivity contribution in [2.24, 2.45) is 0 Å². The number of rotatable bonds is 6. The van der Waals surface area contributed by atoms with Crippen molar-refractivity contribution in [2.75, 3.05) is 12.0 Å². The van der Waals surface area contributed by atoms with Gasteiger partial charge in [-0.15, -0.1) is 21.5 Å². The molecule has 23 heavy (non-hydrogen) atoms. The number of pyridine rings is 1. The summed E-state index contributed by atoms with van der Waals surface area (Å²) in [6.07, 6.45) is 4.80. The number of carbonyl (C=O) groups is 1. The zero-order valence-corrected chi connectivity index (χ0v) is 14.7. The van der Waals surface area contributed by atoms with Crippen LogP contribution in [0.3, 0.4) is 0 Å². The van der Waals surface area contributed by atoms with Crippen molar-refractivity contribution in [3.8, 4) is 0 Å². The van der Waals surface area contributed by atoms with Crippen molar-refractivity contribution in [1.82, 2.24) is 19.9 Å². The third-order valence-corrected chi connectivity index (χ3v) is 5.30. The monoisotopic (exact) mass is 346 g/mol. The summed E-state index contributed by atoms with van der Waals surface area (Å²) < 4.78 is 1.94. The van der Waals surface area contributed by atoms with Crippen LogP contribution < -0.4 is 5.32 Å². The number of thiophene rings is 1. The Bertz CT molecular complexity index is 811. The number of amides is 1. The molecule has 0 fully saturated rings. The van der Waals surface area contributed by atoms with Gasteiger partial charge in [0.25, 0.3) is 5.91 Å². The van der Waals surface area contributed by atoms with E-state index >= 15 is 0 Å². The first-order chi connectivity index (χ1) is 11.2. The quantitative estimate of drug-likeness (QED) is 0.744. The minimum absolute atomic E-state index is 0.0451. The maximum absolute atomic E-state index is 12.6. The Hall–Kier alpha value is -1.86. The summed E-state index contributed by atoms with van der Waals surface area (Å²) in [5.41, 5.74) is 1.79. The van der Waals surface area contributed by atoms with Crippen molar-refractivity contribution >= 4 is 34.7 Å². The summed E-state index contributed by atoms with van der Waals surface area (Å²) in [7, 11) is 0. The van der Waals surface area contributed by atoms with Gasteiger partial charge in [0.2, 0.25) is 0 Å². The van der Waals surface area contributed by atoms with Crippen LogP contribution in [-0.4, -0.2) is 32.5 Å². The molecule has 3 heterocycles. The Kier molecular flexibility index (Phi) is 4.97. The highest BCUT2D eigenvalue weighted by Crippen LogP contribution is 2.21. The number of hydrogen-bond donors (Lipinski definition) is 1. The minimum atomic E-state index is -0.158. The molecule has 3 aromatic rings. The highest BCUT2D eigenvalue weighted by atomic mass is 32.2. The van der Waals surface area contributed by atoms with E-state index in [2.05, 4.69) is 21.8 Å². The lowest BCUT2D eigenvalue weighted by Gasteiger charge is -2.17. The second kappa shape index (κ2) is 7.14. The molecule has 1 amide bonds. The molecule has 1 N–H and O–H groups in total. The average molecular weight is 346 g/mol. The number of hydrogen-bond acceptors (Lipinski definition) is 5. The fourth-order valence-corrected chi connectivity index (χ4v) is 3.73. The molecule has 0 aliphatic heterocycles. The van der Waals surface area contributed by atoms with Gasteiger partial charge in [-0.05, 0) is 54.5 Å². The van der Waals surface area contributed by atoms with Gasteiger partial charge in [-0.2, -0.15) is 11.8 Å². The average Bonchev–Trinajstić information content (AvgIpc) is 3.17. The summed E-state index contributed by atoms with van der Waals surface area (Å²) in [6, 6.07) is 7.58. The van der Waals surface area contributed by atoms with Crippen molar-refractivity contribution in [3.63, 3.8) is 0 Å². The molecular formula is C16H18N4OS2. The molecular weight excluding hydrogens is 328 g/mol. The molecule has 0 spiro atoms. The number of aromatic nitrogens is 3. The summed E-state index contributed by atoms with van der Waals surface area (Å²) in [5.74, 6) is 1.67. The molecule has 0 bridgehead atoms. The van der Waals surface area contributed by atoms with E-state index in [-0.39, 0.29) is 11.9 Å². The van der Waals surface area contributed by atoms with Gasteiger partial charge < -0.3 is 5.32 Å². The van der Waals surface area contributed by atoms with E-state index in [1.807, 2.05) is 47.2 Å². The van der Waals surface area contributed by atoms with Gasteiger partial charge in [0.1, 0.15) is 0 Å². The van der Waals surface area contributed by atoms with Crippen LogP contribution in [0.5, 0.6) is 0 Å². The summed E-state index contributed by atoms with van der Waals surface area (Å²) in [4.78, 5) is 13.3. The zero-order chi connectivity index (χ0) is 16.2. The molecule has 0 unspecified atom stereocenters. The fourth-order valence-electron chi connectivity index (χ4n) is 2.43. The van der Waals surface area contributed by atoms with E-state index in [9.17, 15) is 4.79 Å². The van der Waals surface area contributed by atoms with Crippen LogP contribution in [0.4, 0.5) is 0 Å². The van der Waals surface area contributed by atoms with Crippen LogP contribution in [0, 0.1) is 6.92 Å². The first-order valence-electron chi connectivity index (χ1n) is 7.34. The van der Waals surface area contributed by atoms with Crippen LogP contribution in [0.2, 0.25) is 0 Å². The Morgan fingerprint density at radius 2 is 2.26 bits per heavy atom. The second-order valence-electron chi connectivity index (χ2n) is 5.23. The molecule has 0 saturated carbocycles. The van der Waals surface area contributed by atoms with E-state index in [1.165, 1.54) is 11.3 Å². The van der Waals surface area contributed by atoms with Crippen molar-refractivity contribution < 1.29 is 4.79 Å². The van der Waals surface area contributed by atoms with Crippen molar-refractivity contribution in [3.05, 3.63) is 52.1 Å². The highest BCUT2D eigenvalue weighted by molar-refractivity contribution is 7.98. The zero-order valence-electron chi connectivity index (χ0n) is 13.0. The number of carbonyl (C=O) groups excluding carboxylic acids is 1. The molecule has 0 radical (unpaired) electrons. The third-order valence-electron chi connectivity index (χ3n) is 3.64. The van der Waals surface area contributed by atoms with E-state index in [4.69, 9.17) is 0 Å². The predicted octanol–water partition coefficient (Wildman–Crippen LogP) is 3.32. The molecule has 3 aromatic heterocycles. The van der Waals surface area contributed by atoms with Crippen LogP contribution in [0.1, 0.15) is 33.5 Å². The van der Waals surface area contributed by atoms with E-state index in [0.717, 1.165) is 34.1 Å². The lowest BCUT2D eigenvalue weighted by atomic mass is 10.2. The van der Waals surface area contributed by atoms with Crippen LogP contribution >= 0.6 is 23.1 Å². The number of fused-ring (bicyclic) bond motifs is 1. The van der Waals surface area contributed by atoms with Gasteiger partial charge in [-0.1, -0.05) is 6.07 Å². The minimum Gasteiger partial charge on any atom is -0.341 e. The Balaban J connectivity index is 1.89. The standard InChI is InChI=1S/C16H18N4OS2/c1-11-6-10-23-14(11)16(21)17-12(7-9-22-2)15-19-18-13-5-3-4-8-20(13)15/h3-6,8,10,12H,7,9H2,1-2H3,(H,17,21)/t12-/m0/s1. The van der Waals surface area contributed by atoms with Crippen molar-refractivity contribution in [2.45, 2.75) is 19.4 Å². The number of nitrogens with one attached hydrogen (secondary N) is 1.